The highest BCUT2D eigenvalue weighted by atomic mass is 16.2. The maximum absolute atomic E-state index is 12.8. The summed E-state index contributed by atoms with van der Waals surface area (Å²) in [6, 6.07) is 9.33. The largest absolute Gasteiger partial charge is 0.356 e. The predicted molar refractivity (Wildman–Crippen MR) is 100 cm³/mol. The summed E-state index contributed by atoms with van der Waals surface area (Å²) in [5.41, 5.74) is 0.942. The van der Waals surface area contributed by atoms with Crippen molar-refractivity contribution in [3.8, 4) is 0 Å². The second-order valence-corrected chi connectivity index (χ2v) is 6.61. The van der Waals surface area contributed by atoms with Crippen molar-refractivity contribution < 1.29 is 14.4 Å². The van der Waals surface area contributed by atoms with E-state index in [-0.39, 0.29) is 36.7 Å². The molecule has 2 N–H and O–H groups in total. The molecule has 1 aromatic carbocycles. The summed E-state index contributed by atoms with van der Waals surface area (Å²) in [5.74, 6) is -0.339. The number of hydrogen-bond acceptors (Lipinski definition) is 3. The summed E-state index contributed by atoms with van der Waals surface area (Å²) in [7, 11) is 0. The average molecular weight is 359 g/mol. The van der Waals surface area contributed by atoms with Gasteiger partial charge in [0, 0.05) is 19.5 Å². The zero-order valence-electron chi connectivity index (χ0n) is 15.5. The Hall–Kier alpha value is -2.37. The molecular weight excluding hydrogens is 330 g/mol. The van der Waals surface area contributed by atoms with Crippen molar-refractivity contribution in [1.29, 1.82) is 0 Å². The van der Waals surface area contributed by atoms with Crippen LogP contribution in [0.25, 0.3) is 0 Å². The highest BCUT2D eigenvalue weighted by molar-refractivity contribution is 5.85. The quantitative estimate of drug-likeness (QED) is 0.865. The molecule has 0 spiro atoms. The van der Waals surface area contributed by atoms with E-state index < -0.39 is 0 Å². The normalized spacial score (nSPS) is 19.2. The molecule has 0 aromatic heterocycles. The molecule has 1 atom stereocenters. The van der Waals surface area contributed by atoms with E-state index in [1.807, 2.05) is 30.3 Å². The summed E-state index contributed by atoms with van der Waals surface area (Å²) in [4.78, 5) is 38.5. The second kappa shape index (κ2) is 10.6. The standard InChI is InChI=1S/C20H29N3O3/c1-2-18(24)22-15-20(26)23-13-9-4-3-8-12-21-19(25)14-17(23)16-10-6-5-7-11-16/h5-7,10-11,17H,2-4,8-9,12-15H2,1H3,(H,21,25)(H,22,24)/t17-/m0/s1. The van der Waals surface area contributed by atoms with Gasteiger partial charge in [0.05, 0.1) is 19.0 Å². The first-order valence-electron chi connectivity index (χ1n) is 9.49. The molecule has 1 fully saturated rings. The Bertz CT molecular complexity index is 604. The monoisotopic (exact) mass is 359 g/mol. The van der Waals surface area contributed by atoms with Crippen molar-refractivity contribution in [3.63, 3.8) is 0 Å². The van der Waals surface area contributed by atoms with E-state index in [0.717, 1.165) is 31.2 Å². The molecule has 6 nitrogen and oxygen atoms in total. The van der Waals surface area contributed by atoms with Crippen molar-refractivity contribution >= 4 is 17.7 Å². The third-order valence-corrected chi connectivity index (χ3v) is 4.67. The van der Waals surface area contributed by atoms with Gasteiger partial charge in [-0.1, -0.05) is 50.1 Å². The van der Waals surface area contributed by atoms with Crippen LogP contribution in [0.4, 0.5) is 0 Å². The fourth-order valence-electron chi connectivity index (χ4n) is 3.17. The smallest absolute Gasteiger partial charge is 0.242 e. The Labute approximate surface area is 155 Å². The molecular formula is C20H29N3O3. The van der Waals surface area contributed by atoms with E-state index in [1.54, 1.807) is 11.8 Å². The van der Waals surface area contributed by atoms with Gasteiger partial charge >= 0.3 is 0 Å². The summed E-state index contributed by atoms with van der Waals surface area (Å²) in [6.07, 6.45) is 4.48. The van der Waals surface area contributed by atoms with Gasteiger partial charge in [-0.15, -0.1) is 0 Å². The molecule has 3 amide bonds. The molecule has 0 aliphatic carbocycles. The molecule has 1 saturated heterocycles. The lowest BCUT2D eigenvalue weighted by Crippen LogP contribution is -2.43. The molecule has 26 heavy (non-hydrogen) atoms. The van der Waals surface area contributed by atoms with E-state index in [0.29, 0.717) is 19.5 Å². The highest BCUT2D eigenvalue weighted by Crippen LogP contribution is 2.25. The van der Waals surface area contributed by atoms with Crippen LogP contribution in [0.2, 0.25) is 0 Å². The number of amides is 3. The van der Waals surface area contributed by atoms with Gasteiger partial charge in [0.2, 0.25) is 17.7 Å². The van der Waals surface area contributed by atoms with Crippen molar-refractivity contribution in [2.45, 2.75) is 51.5 Å². The maximum atomic E-state index is 12.8. The van der Waals surface area contributed by atoms with Crippen LogP contribution < -0.4 is 10.6 Å². The molecule has 1 aliphatic rings. The molecule has 1 aliphatic heterocycles. The number of nitrogens with one attached hydrogen (secondary N) is 2. The fourth-order valence-corrected chi connectivity index (χ4v) is 3.17. The van der Waals surface area contributed by atoms with Crippen LogP contribution in [-0.4, -0.2) is 42.3 Å². The molecule has 6 heteroatoms. The topological polar surface area (TPSA) is 78.5 Å². The molecule has 2 rings (SSSR count). The van der Waals surface area contributed by atoms with Crippen LogP contribution in [0.5, 0.6) is 0 Å². The Balaban J connectivity index is 2.23. The number of carbonyl (C=O) groups excluding carboxylic acids is 3. The summed E-state index contributed by atoms with van der Waals surface area (Å²) >= 11 is 0. The average Bonchev–Trinajstić information content (AvgIpc) is 2.71. The van der Waals surface area contributed by atoms with Crippen molar-refractivity contribution in [1.82, 2.24) is 15.5 Å². The van der Waals surface area contributed by atoms with E-state index >= 15 is 0 Å². The summed E-state index contributed by atoms with van der Waals surface area (Å²) in [5, 5.41) is 5.61. The van der Waals surface area contributed by atoms with Gasteiger partial charge in [-0.3, -0.25) is 14.4 Å². The number of benzene rings is 1. The second-order valence-electron chi connectivity index (χ2n) is 6.61. The Kier molecular flexibility index (Phi) is 8.12. The van der Waals surface area contributed by atoms with Crippen LogP contribution in [0.3, 0.4) is 0 Å². The van der Waals surface area contributed by atoms with Crippen molar-refractivity contribution in [2.24, 2.45) is 0 Å². The van der Waals surface area contributed by atoms with Crippen LogP contribution in [0, 0.1) is 0 Å². The Morgan fingerprint density at radius 2 is 1.88 bits per heavy atom. The molecule has 0 radical (unpaired) electrons. The van der Waals surface area contributed by atoms with Gasteiger partial charge in [0.25, 0.3) is 0 Å². The van der Waals surface area contributed by atoms with Gasteiger partial charge in [0.1, 0.15) is 0 Å². The van der Waals surface area contributed by atoms with Crippen LogP contribution in [-0.2, 0) is 14.4 Å². The van der Waals surface area contributed by atoms with E-state index in [4.69, 9.17) is 0 Å². The minimum atomic E-state index is -0.319. The van der Waals surface area contributed by atoms with Crippen LogP contribution in [0.1, 0.15) is 57.1 Å². The molecule has 0 unspecified atom stereocenters. The minimum Gasteiger partial charge on any atom is -0.356 e. The van der Waals surface area contributed by atoms with Gasteiger partial charge in [-0.05, 0) is 18.4 Å². The summed E-state index contributed by atoms with van der Waals surface area (Å²) in [6.45, 7) is 3.00. The third kappa shape index (κ3) is 6.17. The zero-order valence-corrected chi connectivity index (χ0v) is 15.5. The third-order valence-electron chi connectivity index (χ3n) is 4.67. The Morgan fingerprint density at radius 3 is 2.62 bits per heavy atom. The zero-order chi connectivity index (χ0) is 18.8. The number of carbonyl (C=O) groups is 3. The number of hydrogen-bond donors (Lipinski definition) is 2. The first-order valence-corrected chi connectivity index (χ1v) is 9.49. The SMILES string of the molecule is CCC(=O)NCC(=O)N1CCCCCCNC(=O)C[C@H]1c1ccccc1. The van der Waals surface area contributed by atoms with Crippen LogP contribution in [0.15, 0.2) is 30.3 Å². The lowest BCUT2D eigenvalue weighted by Gasteiger charge is -2.32. The molecule has 0 bridgehead atoms. The first-order chi connectivity index (χ1) is 12.6. The van der Waals surface area contributed by atoms with Gasteiger partial charge in [-0.25, -0.2) is 0 Å². The maximum Gasteiger partial charge on any atom is 0.242 e. The number of nitrogens with zero attached hydrogens (tertiary/aromatic N) is 1. The molecule has 1 aromatic rings. The lowest BCUT2D eigenvalue weighted by molar-refractivity contribution is -0.136. The first kappa shape index (κ1) is 19.9. The number of rotatable bonds is 4. The van der Waals surface area contributed by atoms with Crippen LogP contribution >= 0.6 is 0 Å². The summed E-state index contributed by atoms with van der Waals surface area (Å²) < 4.78 is 0. The van der Waals surface area contributed by atoms with Gasteiger partial charge in [0.15, 0.2) is 0 Å². The highest BCUT2D eigenvalue weighted by Gasteiger charge is 2.27. The van der Waals surface area contributed by atoms with Gasteiger partial charge < -0.3 is 15.5 Å². The van der Waals surface area contributed by atoms with Crippen molar-refractivity contribution in [2.75, 3.05) is 19.6 Å². The minimum absolute atomic E-state index is 0.0301. The molecule has 142 valence electrons. The van der Waals surface area contributed by atoms with E-state index in [9.17, 15) is 14.4 Å². The lowest BCUT2D eigenvalue weighted by atomic mass is 10.0. The Morgan fingerprint density at radius 1 is 1.15 bits per heavy atom. The van der Waals surface area contributed by atoms with E-state index in [2.05, 4.69) is 10.6 Å². The molecule has 1 heterocycles. The fraction of sp³-hybridized carbons (Fsp3) is 0.550. The van der Waals surface area contributed by atoms with E-state index in [1.165, 1.54) is 0 Å². The predicted octanol–water partition coefficient (Wildman–Crippen LogP) is 2.16. The van der Waals surface area contributed by atoms with Crippen molar-refractivity contribution in [3.05, 3.63) is 35.9 Å². The van der Waals surface area contributed by atoms with Gasteiger partial charge in [-0.2, -0.15) is 0 Å². The molecule has 0 saturated carbocycles.